The number of aromatic nitrogens is 4. The van der Waals surface area contributed by atoms with E-state index in [4.69, 9.17) is 23.1 Å². The number of hydrogen-bond donors (Lipinski definition) is 1. The van der Waals surface area contributed by atoms with Crippen molar-refractivity contribution in [2.24, 2.45) is 4.99 Å². The van der Waals surface area contributed by atoms with Gasteiger partial charge in [-0.3, -0.25) is 18.6 Å². The summed E-state index contributed by atoms with van der Waals surface area (Å²) in [6.45, 7) is 4.79. The van der Waals surface area contributed by atoms with Crippen LogP contribution in [-0.4, -0.2) is 77.8 Å². The normalized spacial score (nSPS) is 21.4. The Morgan fingerprint density at radius 3 is 2.40 bits per heavy atom. The number of nitrogens with one attached hydrogen (secondary N) is 1. The van der Waals surface area contributed by atoms with Gasteiger partial charge >= 0.3 is 11.9 Å². The van der Waals surface area contributed by atoms with Crippen LogP contribution >= 0.6 is 0 Å². The highest BCUT2D eigenvalue weighted by molar-refractivity contribution is 7.86. The first kappa shape index (κ1) is 28.8. The molecule has 3 aromatic rings. The smallest absolute Gasteiger partial charge is 0.303 e. The Bertz CT molecular complexity index is 1610. The maximum Gasteiger partial charge on any atom is 0.303 e. The number of aromatic amines is 1. The number of H-pyrrole nitrogens is 1. The Balaban J connectivity index is 1.89. The molecular weight excluding hydrogens is 550 g/mol. The van der Waals surface area contributed by atoms with Crippen molar-refractivity contribution in [3.8, 4) is 5.88 Å². The molecule has 3 heterocycles. The number of esters is 2. The van der Waals surface area contributed by atoms with Gasteiger partial charge in [0.2, 0.25) is 17.4 Å². The van der Waals surface area contributed by atoms with Gasteiger partial charge in [0.1, 0.15) is 24.3 Å². The lowest BCUT2D eigenvalue weighted by molar-refractivity contribution is -0.155. The number of ether oxygens (including phenoxy) is 4. The second kappa shape index (κ2) is 11.5. The molecule has 0 aliphatic carbocycles. The molecule has 4 rings (SSSR count). The molecule has 0 bridgehead atoms. The van der Waals surface area contributed by atoms with Gasteiger partial charge in [-0.2, -0.15) is 18.4 Å². The maximum atomic E-state index is 13.3. The van der Waals surface area contributed by atoms with E-state index >= 15 is 0 Å². The van der Waals surface area contributed by atoms with Gasteiger partial charge in [0, 0.05) is 20.8 Å². The second-order valence-electron chi connectivity index (χ2n) is 8.79. The molecule has 1 amide bonds. The van der Waals surface area contributed by atoms with Gasteiger partial charge in [0.15, 0.2) is 18.0 Å². The minimum Gasteiger partial charge on any atom is -0.480 e. The number of benzene rings is 1. The van der Waals surface area contributed by atoms with Crippen LogP contribution in [0.3, 0.4) is 0 Å². The molecule has 0 saturated carbocycles. The lowest BCUT2D eigenvalue weighted by Gasteiger charge is -2.25. The Labute approximate surface area is 228 Å². The molecule has 40 heavy (non-hydrogen) atoms. The highest BCUT2D eigenvalue weighted by Gasteiger charge is 2.52. The third-order valence-corrected chi connectivity index (χ3v) is 7.09. The predicted octanol–water partition coefficient (Wildman–Crippen LogP) is 0.690. The quantitative estimate of drug-likeness (QED) is 0.292. The van der Waals surface area contributed by atoms with Crippen molar-refractivity contribution < 1.29 is 45.9 Å². The number of imidazole rings is 1. The Kier molecular flexibility index (Phi) is 8.32. The third-order valence-electron chi connectivity index (χ3n) is 5.76. The van der Waals surface area contributed by atoms with E-state index in [0.29, 0.717) is 0 Å². The Hall–Kier alpha value is -4.15. The van der Waals surface area contributed by atoms with E-state index < -0.39 is 59.1 Å². The summed E-state index contributed by atoms with van der Waals surface area (Å²) in [4.78, 5) is 50.9. The van der Waals surface area contributed by atoms with Gasteiger partial charge < -0.3 is 23.9 Å². The molecule has 214 valence electrons. The number of carbonyl (C=O) groups excluding carboxylic acids is 3. The second-order valence-corrected chi connectivity index (χ2v) is 10.4. The molecule has 1 aliphatic rings. The summed E-state index contributed by atoms with van der Waals surface area (Å²) in [6, 6.07) is 5.90. The number of carbonyl (C=O) groups is 3. The van der Waals surface area contributed by atoms with E-state index in [1.54, 1.807) is 19.1 Å². The van der Waals surface area contributed by atoms with Crippen LogP contribution in [0.4, 0.5) is 0 Å². The van der Waals surface area contributed by atoms with Crippen LogP contribution in [0.15, 0.2) is 40.5 Å². The summed E-state index contributed by atoms with van der Waals surface area (Å²) in [5.41, 5.74) is 1.02. The van der Waals surface area contributed by atoms with Gasteiger partial charge in [-0.15, -0.1) is 0 Å². The van der Waals surface area contributed by atoms with Crippen molar-refractivity contribution in [1.82, 2.24) is 19.5 Å². The van der Waals surface area contributed by atoms with Crippen molar-refractivity contribution in [3.05, 3.63) is 41.8 Å². The molecule has 1 fully saturated rings. The van der Waals surface area contributed by atoms with Gasteiger partial charge in [-0.1, -0.05) is 17.7 Å². The summed E-state index contributed by atoms with van der Waals surface area (Å²) in [5.74, 6) is -2.08. The predicted molar refractivity (Wildman–Crippen MR) is 134 cm³/mol. The third kappa shape index (κ3) is 6.03. The molecule has 1 N–H and O–H groups in total. The summed E-state index contributed by atoms with van der Waals surface area (Å²) in [7, 11) is -3.11. The minimum atomic E-state index is -4.44. The van der Waals surface area contributed by atoms with Gasteiger partial charge in [0.05, 0.1) is 18.3 Å². The summed E-state index contributed by atoms with van der Waals surface area (Å²) >= 11 is 0. The fraction of sp³-hybridized carbons (Fsp3) is 0.417. The van der Waals surface area contributed by atoms with Gasteiger partial charge in [-0.05, 0) is 19.1 Å². The molecule has 1 saturated heterocycles. The largest absolute Gasteiger partial charge is 0.480 e. The number of hydrogen-bond acceptors (Lipinski definition) is 12. The lowest BCUT2D eigenvalue weighted by atomic mass is 10.1. The first-order valence-corrected chi connectivity index (χ1v) is 13.3. The molecule has 0 unspecified atom stereocenters. The Morgan fingerprint density at radius 1 is 1.10 bits per heavy atom. The number of fused-ring (bicyclic) bond motifs is 1. The Morgan fingerprint density at radius 2 is 1.80 bits per heavy atom. The van der Waals surface area contributed by atoms with Crippen molar-refractivity contribution in [1.29, 1.82) is 0 Å². The van der Waals surface area contributed by atoms with Crippen molar-refractivity contribution in [3.63, 3.8) is 0 Å². The molecule has 0 spiro atoms. The fourth-order valence-corrected chi connectivity index (χ4v) is 5.23. The summed E-state index contributed by atoms with van der Waals surface area (Å²) < 4.78 is 55.7. The average Bonchev–Trinajstić information content (AvgIpc) is 3.46. The molecule has 1 aliphatic heterocycles. The molecule has 0 radical (unpaired) electrons. The molecule has 16 heteroatoms. The number of aryl methyl sites for hydroxylation is 1. The molecule has 1 aromatic carbocycles. The van der Waals surface area contributed by atoms with E-state index in [-0.39, 0.29) is 27.6 Å². The van der Waals surface area contributed by atoms with Crippen LogP contribution in [0.2, 0.25) is 0 Å². The topological polar surface area (TPSA) is 190 Å². The van der Waals surface area contributed by atoms with Crippen molar-refractivity contribution in [2.75, 3.05) is 13.7 Å². The number of methoxy groups -OCH3 is 1. The highest BCUT2D eigenvalue weighted by Crippen LogP contribution is 2.38. The molecule has 2 aromatic heterocycles. The van der Waals surface area contributed by atoms with Gasteiger partial charge in [0.25, 0.3) is 10.1 Å². The number of nitrogens with zero attached hydrogens (tertiary/aromatic N) is 4. The lowest BCUT2D eigenvalue weighted by Crippen LogP contribution is -2.42. The first-order valence-electron chi connectivity index (χ1n) is 11.9. The SMILES string of the molecule is COc1c2[nH]cnc2nc(=NC(C)=O)n1[C@@H]1O[C@H](COC(C)=O)[C@H](OS(=O)(=O)c2ccc(C)cc2)[C@H]1OC(C)=O. The van der Waals surface area contributed by atoms with Crippen LogP contribution in [0.1, 0.15) is 32.6 Å². The zero-order valence-corrected chi connectivity index (χ0v) is 23.0. The van der Waals surface area contributed by atoms with Crippen LogP contribution in [0, 0.1) is 6.92 Å². The zero-order chi connectivity index (χ0) is 29.2. The van der Waals surface area contributed by atoms with Crippen LogP contribution in [-0.2, 0) is 42.9 Å². The number of rotatable bonds is 8. The highest BCUT2D eigenvalue weighted by atomic mass is 32.2. The standard InChI is InChI=1S/C24H27N5O10S/c1-12-6-8-16(9-7-12)40(33,34)39-19-17(10-36-14(3)31)38-23(20(19)37-15(4)32)29-22(35-5)18-21(26-11-25-18)28-24(29)27-13(2)30/h6-9,11,17,19-20,23H,10H2,1-5H3,(H,25,26,27,28,30)/t17-,19+,20-,23-/m1/s1. The molecule has 15 nitrogen and oxygen atoms in total. The van der Waals surface area contributed by atoms with Crippen molar-refractivity contribution >= 4 is 39.1 Å². The first-order chi connectivity index (χ1) is 18.9. The monoisotopic (exact) mass is 577 g/mol. The zero-order valence-electron chi connectivity index (χ0n) is 22.2. The fourth-order valence-electron chi connectivity index (χ4n) is 4.13. The van der Waals surface area contributed by atoms with E-state index in [9.17, 15) is 22.8 Å². The summed E-state index contributed by atoms with van der Waals surface area (Å²) in [5, 5.41) is 0. The summed E-state index contributed by atoms with van der Waals surface area (Å²) in [6.07, 6.45) is -4.32. The van der Waals surface area contributed by atoms with Crippen molar-refractivity contribution in [2.45, 2.75) is 57.1 Å². The van der Waals surface area contributed by atoms with E-state index in [1.165, 1.54) is 37.1 Å². The van der Waals surface area contributed by atoms with Crippen LogP contribution < -0.4 is 10.4 Å². The van der Waals surface area contributed by atoms with Gasteiger partial charge in [-0.25, -0.2) is 9.55 Å². The maximum absolute atomic E-state index is 13.3. The van der Waals surface area contributed by atoms with Crippen LogP contribution in [0.25, 0.3) is 11.2 Å². The average molecular weight is 578 g/mol. The molecular formula is C24H27N5O10S. The van der Waals surface area contributed by atoms with E-state index in [2.05, 4.69) is 19.9 Å². The van der Waals surface area contributed by atoms with E-state index in [1.807, 2.05) is 0 Å². The molecule has 4 atom stereocenters. The van der Waals surface area contributed by atoms with E-state index in [0.717, 1.165) is 19.4 Å². The minimum absolute atomic E-state index is 0.0259. The number of amides is 1. The van der Waals surface area contributed by atoms with Crippen LogP contribution in [0.5, 0.6) is 5.88 Å².